The number of esters is 2. The number of nitro benzene ring substituents is 1. The van der Waals surface area contributed by atoms with E-state index >= 15 is 0 Å². The zero-order chi connectivity index (χ0) is 24.7. The van der Waals surface area contributed by atoms with Crippen LogP contribution >= 0.6 is 0 Å². The number of aryl methyl sites for hydroxylation is 1. The van der Waals surface area contributed by atoms with Crippen molar-refractivity contribution in [3.8, 4) is 5.75 Å². The van der Waals surface area contributed by atoms with Gasteiger partial charge in [0.25, 0.3) is 5.91 Å². The van der Waals surface area contributed by atoms with E-state index in [4.69, 9.17) is 14.2 Å². The Morgan fingerprint density at radius 2 is 1.85 bits per heavy atom. The molecule has 2 aromatic rings. The number of benzene rings is 1. The molecule has 33 heavy (non-hydrogen) atoms. The summed E-state index contributed by atoms with van der Waals surface area (Å²) in [6.45, 7) is 3.84. The number of hydrogen-bond donors (Lipinski definition) is 2. The van der Waals surface area contributed by atoms with Gasteiger partial charge in [0.05, 0.1) is 29.9 Å². The molecule has 1 aromatic heterocycles. The zero-order valence-electron chi connectivity index (χ0n) is 18.5. The number of nitrogens with one attached hydrogen (secondary N) is 2. The van der Waals surface area contributed by atoms with Crippen LogP contribution in [0.3, 0.4) is 0 Å². The second-order valence-corrected chi connectivity index (χ2v) is 6.76. The van der Waals surface area contributed by atoms with Gasteiger partial charge in [-0.05, 0) is 38.5 Å². The number of nitro groups is 1. The van der Waals surface area contributed by atoms with Crippen LogP contribution in [0.1, 0.15) is 49.4 Å². The Labute approximate surface area is 188 Å². The molecule has 0 saturated carbocycles. The van der Waals surface area contributed by atoms with Gasteiger partial charge in [-0.3, -0.25) is 24.5 Å². The fourth-order valence-corrected chi connectivity index (χ4v) is 3.04. The van der Waals surface area contributed by atoms with Crippen LogP contribution in [-0.4, -0.2) is 60.4 Å². The van der Waals surface area contributed by atoms with Crippen LogP contribution in [0.2, 0.25) is 0 Å². The summed E-state index contributed by atoms with van der Waals surface area (Å²) >= 11 is 0. The molecule has 1 aromatic carbocycles. The third kappa shape index (κ3) is 5.93. The molecule has 0 aliphatic heterocycles. The molecular weight excluding hydrogens is 438 g/mol. The first kappa shape index (κ1) is 25.0. The van der Waals surface area contributed by atoms with Crippen molar-refractivity contribution in [1.29, 1.82) is 0 Å². The van der Waals surface area contributed by atoms with E-state index in [-0.39, 0.29) is 29.2 Å². The van der Waals surface area contributed by atoms with E-state index < -0.39 is 47.4 Å². The van der Waals surface area contributed by atoms with Gasteiger partial charge >= 0.3 is 17.6 Å². The lowest BCUT2D eigenvalue weighted by Crippen LogP contribution is -2.31. The van der Waals surface area contributed by atoms with Crippen molar-refractivity contribution in [3.63, 3.8) is 0 Å². The molecule has 1 heterocycles. The summed E-state index contributed by atoms with van der Waals surface area (Å²) in [7, 11) is 1.26. The summed E-state index contributed by atoms with van der Waals surface area (Å²) in [4.78, 5) is 61.7. The van der Waals surface area contributed by atoms with Crippen LogP contribution in [0.25, 0.3) is 0 Å². The van der Waals surface area contributed by atoms with Gasteiger partial charge < -0.3 is 24.5 Å². The zero-order valence-corrected chi connectivity index (χ0v) is 18.5. The summed E-state index contributed by atoms with van der Waals surface area (Å²) in [5.41, 5.74) is 0.709. The first-order chi connectivity index (χ1) is 15.6. The Bertz CT molecular complexity index is 1100. The van der Waals surface area contributed by atoms with Gasteiger partial charge in [-0.15, -0.1) is 0 Å². The number of hydrogen-bond acceptors (Lipinski definition) is 9. The van der Waals surface area contributed by atoms with Gasteiger partial charge in [0.2, 0.25) is 5.78 Å². The fourth-order valence-electron chi connectivity index (χ4n) is 3.04. The monoisotopic (exact) mass is 461 g/mol. The highest BCUT2D eigenvalue weighted by Gasteiger charge is 2.24. The standard InChI is InChI=1S/C21H23N3O9/c1-5-32-21(28)18-11(2)19(23-12(18)3)15(25)10-33-17(26)9-22-20(27)13-6-7-16(31-4)14(8-13)24(29)30/h6-8,23H,5,9-10H2,1-4H3,(H,22,27). The molecule has 176 valence electrons. The van der Waals surface area contributed by atoms with Crippen molar-refractivity contribution < 1.29 is 38.3 Å². The summed E-state index contributed by atoms with van der Waals surface area (Å²) < 4.78 is 14.7. The summed E-state index contributed by atoms with van der Waals surface area (Å²) in [6, 6.07) is 3.57. The Morgan fingerprint density at radius 3 is 2.45 bits per heavy atom. The van der Waals surface area contributed by atoms with Crippen molar-refractivity contribution in [2.45, 2.75) is 20.8 Å². The van der Waals surface area contributed by atoms with Crippen LogP contribution in [0.5, 0.6) is 5.75 Å². The van der Waals surface area contributed by atoms with Crippen molar-refractivity contribution in [3.05, 3.63) is 56.4 Å². The van der Waals surface area contributed by atoms with E-state index in [2.05, 4.69) is 10.3 Å². The van der Waals surface area contributed by atoms with Crippen molar-refractivity contribution in [1.82, 2.24) is 10.3 Å². The summed E-state index contributed by atoms with van der Waals surface area (Å²) in [5, 5.41) is 13.3. The molecule has 0 saturated heterocycles. The highest BCUT2D eigenvalue weighted by molar-refractivity contribution is 6.02. The predicted octanol–water partition coefficient (Wildman–Crippen LogP) is 1.88. The number of aromatic amines is 1. The number of H-pyrrole nitrogens is 1. The molecule has 2 N–H and O–H groups in total. The first-order valence-electron chi connectivity index (χ1n) is 9.76. The van der Waals surface area contributed by atoms with E-state index in [0.717, 1.165) is 6.07 Å². The minimum absolute atomic E-state index is 0.0181. The number of aromatic nitrogens is 1. The average Bonchev–Trinajstić information content (AvgIpc) is 3.09. The summed E-state index contributed by atoms with van der Waals surface area (Å²) in [6.07, 6.45) is 0. The van der Waals surface area contributed by atoms with Gasteiger partial charge in [-0.25, -0.2) is 4.79 Å². The molecule has 0 bridgehead atoms. The molecule has 0 aliphatic rings. The molecule has 0 atom stereocenters. The van der Waals surface area contributed by atoms with Crippen LogP contribution in [0.4, 0.5) is 5.69 Å². The molecule has 0 unspecified atom stereocenters. The lowest BCUT2D eigenvalue weighted by molar-refractivity contribution is -0.385. The van der Waals surface area contributed by atoms with Crippen molar-refractivity contribution in [2.75, 3.05) is 26.9 Å². The van der Waals surface area contributed by atoms with Crippen LogP contribution in [0, 0.1) is 24.0 Å². The number of nitrogens with zero attached hydrogens (tertiary/aromatic N) is 1. The SMILES string of the molecule is CCOC(=O)c1c(C)[nH]c(C(=O)COC(=O)CNC(=O)c2ccc(OC)c([N+](=O)[O-])c2)c1C. The topological polar surface area (TPSA) is 167 Å². The molecule has 0 radical (unpaired) electrons. The minimum Gasteiger partial charge on any atom is -0.490 e. The third-order valence-corrected chi connectivity index (χ3v) is 4.59. The fraction of sp³-hybridized carbons (Fsp3) is 0.333. The van der Waals surface area contributed by atoms with Crippen LogP contribution in [0.15, 0.2) is 18.2 Å². The molecular formula is C21H23N3O9. The lowest BCUT2D eigenvalue weighted by Gasteiger charge is -2.07. The number of ketones is 1. The smallest absolute Gasteiger partial charge is 0.340 e. The Hall–Kier alpha value is -4.22. The van der Waals surface area contributed by atoms with Crippen molar-refractivity contribution in [2.24, 2.45) is 0 Å². The van der Waals surface area contributed by atoms with E-state index in [1.165, 1.54) is 19.2 Å². The van der Waals surface area contributed by atoms with Crippen LogP contribution in [-0.2, 0) is 14.3 Å². The Kier molecular flexibility index (Phi) is 8.26. The number of amides is 1. The first-order valence-corrected chi connectivity index (χ1v) is 9.76. The van der Waals surface area contributed by atoms with Crippen molar-refractivity contribution >= 4 is 29.3 Å². The average molecular weight is 461 g/mol. The van der Waals surface area contributed by atoms with Gasteiger partial charge in [0.1, 0.15) is 6.54 Å². The van der Waals surface area contributed by atoms with E-state index in [0.29, 0.717) is 11.3 Å². The predicted molar refractivity (Wildman–Crippen MR) is 113 cm³/mol. The second kappa shape index (κ2) is 10.9. The number of ether oxygens (including phenoxy) is 3. The number of carbonyl (C=O) groups excluding carboxylic acids is 4. The minimum atomic E-state index is -0.897. The Morgan fingerprint density at radius 1 is 1.15 bits per heavy atom. The maximum Gasteiger partial charge on any atom is 0.340 e. The number of Topliss-reactive ketones (excluding diaryl/α,β-unsaturated/α-hetero) is 1. The maximum absolute atomic E-state index is 12.4. The molecule has 12 nitrogen and oxygen atoms in total. The number of rotatable bonds is 10. The van der Waals surface area contributed by atoms with Gasteiger partial charge in [0.15, 0.2) is 12.4 Å². The highest BCUT2D eigenvalue weighted by Crippen LogP contribution is 2.27. The maximum atomic E-state index is 12.4. The molecule has 0 fully saturated rings. The largest absolute Gasteiger partial charge is 0.490 e. The molecule has 12 heteroatoms. The number of methoxy groups -OCH3 is 1. The van der Waals surface area contributed by atoms with Gasteiger partial charge in [-0.2, -0.15) is 0 Å². The molecule has 0 spiro atoms. The second-order valence-electron chi connectivity index (χ2n) is 6.76. The number of carbonyl (C=O) groups is 4. The van der Waals surface area contributed by atoms with E-state index in [1.807, 2.05) is 0 Å². The normalized spacial score (nSPS) is 10.3. The lowest BCUT2D eigenvalue weighted by atomic mass is 10.1. The Balaban J connectivity index is 1.95. The quantitative estimate of drug-likeness (QED) is 0.232. The molecule has 0 aliphatic carbocycles. The highest BCUT2D eigenvalue weighted by atomic mass is 16.6. The van der Waals surface area contributed by atoms with E-state index in [9.17, 15) is 29.3 Å². The van der Waals surface area contributed by atoms with Crippen LogP contribution < -0.4 is 10.1 Å². The molecule has 2 rings (SSSR count). The van der Waals surface area contributed by atoms with Gasteiger partial charge in [-0.1, -0.05) is 0 Å². The molecule has 1 amide bonds. The summed E-state index contributed by atoms with van der Waals surface area (Å²) in [5.74, 6) is -2.81. The van der Waals surface area contributed by atoms with Gasteiger partial charge in [0, 0.05) is 17.3 Å². The van der Waals surface area contributed by atoms with E-state index in [1.54, 1.807) is 20.8 Å². The third-order valence-electron chi connectivity index (χ3n) is 4.59.